The molecule has 1 aliphatic carbocycles. The Kier molecular flexibility index (Phi) is 3.28. The second kappa shape index (κ2) is 5.33. The molecule has 0 aromatic rings. The summed E-state index contributed by atoms with van der Waals surface area (Å²) in [5, 5.41) is 12.5. The molecule has 10 nitrogen and oxygen atoms in total. The van der Waals surface area contributed by atoms with Gasteiger partial charge in [-0.25, -0.2) is 4.79 Å². The lowest BCUT2D eigenvalue weighted by Gasteiger charge is -2.39. The summed E-state index contributed by atoms with van der Waals surface area (Å²) in [6, 6.07) is 1.77. The maximum atomic E-state index is 13.5. The topological polar surface area (TPSA) is 148 Å². The number of nitrogens with one attached hydrogen (secondary N) is 1. The summed E-state index contributed by atoms with van der Waals surface area (Å²) in [7, 11) is 1.53. The van der Waals surface area contributed by atoms with Gasteiger partial charge in [0.2, 0.25) is 11.6 Å². The van der Waals surface area contributed by atoms with E-state index in [9.17, 15) is 14.4 Å². The fraction of sp³-hybridized carbons (Fsp3) is 0.556. The zero-order valence-electron chi connectivity index (χ0n) is 15.4. The minimum atomic E-state index is -0.987. The first kappa shape index (κ1) is 17.2. The van der Waals surface area contributed by atoms with Gasteiger partial charge in [-0.15, -0.1) is 0 Å². The van der Waals surface area contributed by atoms with E-state index in [1.165, 1.54) is 7.11 Å². The third kappa shape index (κ3) is 1.90. The van der Waals surface area contributed by atoms with Gasteiger partial charge in [-0.05, 0) is 6.92 Å². The molecule has 0 aromatic heterocycles. The van der Waals surface area contributed by atoms with Crippen LogP contribution in [-0.4, -0.2) is 78.1 Å². The van der Waals surface area contributed by atoms with Gasteiger partial charge in [-0.2, -0.15) is 5.26 Å². The van der Waals surface area contributed by atoms with E-state index in [-0.39, 0.29) is 41.5 Å². The van der Waals surface area contributed by atoms with Crippen molar-refractivity contribution in [2.24, 2.45) is 11.7 Å². The second-order valence-electron chi connectivity index (χ2n) is 7.69. The summed E-state index contributed by atoms with van der Waals surface area (Å²) < 4.78 is 11.0. The molecule has 5 unspecified atom stereocenters. The highest BCUT2D eigenvalue weighted by Gasteiger charge is 2.73. The third-order valence-electron chi connectivity index (χ3n) is 6.44. The zero-order valence-corrected chi connectivity index (χ0v) is 15.4. The molecule has 0 bridgehead atoms. The first-order chi connectivity index (χ1) is 13.4. The number of nitrogens with two attached hydrogens (primary N) is 1. The number of allylic oxidation sites excluding steroid dienone is 2. The van der Waals surface area contributed by atoms with Gasteiger partial charge in [-0.1, -0.05) is 0 Å². The van der Waals surface area contributed by atoms with E-state index in [0.717, 1.165) is 0 Å². The number of Topliss-reactive ketones (excluding diaryl/α,β-unsaturated/α-hetero) is 2. The van der Waals surface area contributed by atoms with Crippen LogP contribution in [0.2, 0.25) is 0 Å². The van der Waals surface area contributed by atoms with Crippen LogP contribution < -0.4 is 11.1 Å². The van der Waals surface area contributed by atoms with Gasteiger partial charge >= 0.3 is 6.09 Å². The van der Waals surface area contributed by atoms with Gasteiger partial charge in [0.15, 0.2) is 5.72 Å². The highest BCUT2D eigenvalue weighted by Crippen LogP contribution is 2.56. The van der Waals surface area contributed by atoms with E-state index in [2.05, 4.69) is 11.4 Å². The Bertz CT molecular complexity index is 949. The number of nitrogens with zero attached hydrogens (tertiary/aromatic N) is 3. The minimum absolute atomic E-state index is 0.0815. The van der Waals surface area contributed by atoms with Crippen molar-refractivity contribution in [3.8, 4) is 6.07 Å². The summed E-state index contributed by atoms with van der Waals surface area (Å²) >= 11 is 0. The lowest BCUT2D eigenvalue weighted by molar-refractivity contribution is -0.137. The highest BCUT2D eigenvalue weighted by molar-refractivity contribution is 6.25. The number of amides is 1. The van der Waals surface area contributed by atoms with Crippen molar-refractivity contribution in [3.05, 3.63) is 22.5 Å². The molecule has 5 atom stereocenters. The zero-order chi connectivity index (χ0) is 20.0. The maximum absolute atomic E-state index is 13.5. The van der Waals surface area contributed by atoms with Gasteiger partial charge in [-0.3, -0.25) is 9.59 Å². The fourth-order valence-electron chi connectivity index (χ4n) is 5.12. The summed E-state index contributed by atoms with van der Waals surface area (Å²) in [6.45, 7) is 2.38. The number of hydrogen-bond donors (Lipinski definition) is 2. The van der Waals surface area contributed by atoms with Crippen molar-refractivity contribution in [1.82, 2.24) is 15.1 Å². The van der Waals surface area contributed by atoms with Gasteiger partial charge in [0.05, 0.1) is 36.0 Å². The number of piperazine rings is 1. The number of nitriles is 1. The van der Waals surface area contributed by atoms with Crippen LogP contribution in [0.3, 0.4) is 0 Å². The first-order valence-electron chi connectivity index (χ1n) is 9.08. The number of carbonyl (C=O) groups excluding carboxylic acids is 3. The van der Waals surface area contributed by atoms with E-state index in [1.807, 2.05) is 4.90 Å². The van der Waals surface area contributed by atoms with Crippen molar-refractivity contribution >= 4 is 17.7 Å². The van der Waals surface area contributed by atoms with E-state index < -0.39 is 23.8 Å². The molecule has 10 heteroatoms. The molecule has 146 valence electrons. The van der Waals surface area contributed by atoms with Crippen molar-refractivity contribution < 1.29 is 23.9 Å². The molecule has 5 rings (SSSR count). The quantitative estimate of drug-likeness (QED) is 0.440. The van der Waals surface area contributed by atoms with Crippen molar-refractivity contribution in [3.63, 3.8) is 0 Å². The van der Waals surface area contributed by atoms with Gasteiger partial charge < -0.3 is 30.3 Å². The lowest BCUT2D eigenvalue weighted by atomic mass is 9.82. The maximum Gasteiger partial charge on any atom is 0.404 e. The Morgan fingerprint density at radius 3 is 2.71 bits per heavy atom. The van der Waals surface area contributed by atoms with E-state index in [0.29, 0.717) is 24.4 Å². The van der Waals surface area contributed by atoms with Gasteiger partial charge in [0.1, 0.15) is 12.6 Å². The predicted molar refractivity (Wildman–Crippen MR) is 92.0 cm³/mol. The molecule has 3 fully saturated rings. The number of ketones is 2. The molecule has 4 aliphatic heterocycles. The fourth-order valence-corrected chi connectivity index (χ4v) is 5.12. The van der Waals surface area contributed by atoms with Crippen molar-refractivity contribution in [2.45, 2.75) is 30.8 Å². The van der Waals surface area contributed by atoms with Crippen LogP contribution in [0.1, 0.15) is 6.92 Å². The summed E-state index contributed by atoms with van der Waals surface area (Å²) in [5.74, 6) is -1.23. The number of carbonyl (C=O) groups is 3. The largest absolute Gasteiger partial charge is 0.449 e. The van der Waals surface area contributed by atoms with Crippen LogP contribution >= 0.6 is 0 Å². The molecule has 3 N–H and O–H groups in total. The number of ether oxygens (including phenoxy) is 2. The standard InChI is InChI=1S/C18H19N5O5/c1-7-12(22-4-8(22)3-19)15(25)11-9(6-28-17(20)26)18(27-2)16-10(21-16)5-23(18)13(11)14(7)24/h8-10,16,21H,4-6H2,1-2H3,(H2,20,26). The monoisotopic (exact) mass is 385 g/mol. The highest BCUT2D eigenvalue weighted by atomic mass is 16.6. The van der Waals surface area contributed by atoms with E-state index in [1.54, 1.807) is 11.8 Å². The van der Waals surface area contributed by atoms with Gasteiger partial charge in [0.25, 0.3) is 0 Å². The van der Waals surface area contributed by atoms with E-state index >= 15 is 0 Å². The molecule has 28 heavy (non-hydrogen) atoms. The molecule has 0 spiro atoms. The molecule has 0 aromatic carbocycles. The average Bonchev–Trinajstić information content (AvgIpc) is 3.55. The summed E-state index contributed by atoms with van der Waals surface area (Å²) in [5.41, 5.74) is 5.36. The molecule has 5 aliphatic rings. The van der Waals surface area contributed by atoms with Crippen molar-refractivity contribution in [1.29, 1.82) is 5.26 Å². The molecular formula is C18H19N5O5. The number of rotatable bonds is 4. The smallest absolute Gasteiger partial charge is 0.404 e. The van der Waals surface area contributed by atoms with Crippen LogP contribution in [0, 0.1) is 17.2 Å². The minimum Gasteiger partial charge on any atom is -0.449 e. The van der Waals surface area contributed by atoms with Crippen LogP contribution in [-0.2, 0) is 19.1 Å². The average molecular weight is 385 g/mol. The number of fused-ring (bicyclic) bond motifs is 4. The Morgan fingerprint density at radius 1 is 1.36 bits per heavy atom. The van der Waals surface area contributed by atoms with Crippen LogP contribution in [0.4, 0.5) is 4.79 Å². The number of methoxy groups -OCH3 is 1. The van der Waals surface area contributed by atoms with Gasteiger partial charge in [0, 0.05) is 30.8 Å². The Labute approximate surface area is 160 Å². The number of hydrogen-bond acceptors (Lipinski definition) is 9. The Balaban J connectivity index is 1.61. The van der Waals surface area contributed by atoms with Crippen molar-refractivity contribution in [2.75, 3.05) is 26.8 Å². The lowest BCUT2D eigenvalue weighted by Crippen LogP contribution is -2.55. The molecule has 0 saturated carbocycles. The normalized spacial score (nSPS) is 37.6. The third-order valence-corrected chi connectivity index (χ3v) is 6.44. The molecule has 0 radical (unpaired) electrons. The van der Waals surface area contributed by atoms with Crippen LogP contribution in [0.15, 0.2) is 22.5 Å². The van der Waals surface area contributed by atoms with Crippen LogP contribution in [0.5, 0.6) is 0 Å². The number of primary amides is 1. The summed E-state index contributed by atoms with van der Waals surface area (Å²) in [6.07, 6.45) is -0.956. The molecule has 3 saturated heterocycles. The second-order valence-corrected chi connectivity index (χ2v) is 7.69. The summed E-state index contributed by atoms with van der Waals surface area (Å²) in [4.78, 5) is 41.5. The Hall–Kier alpha value is -2.90. The van der Waals surface area contributed by atoms with Crippen LogP contribution in [0.25, 0.3) is 0 Å². The molecular weight excluding hydrogens is 366 g/mol. The molecule has 1 amide bonds. The predicted octanol–water partition coefficient (Wildman–Crippen LogP) is -1.40. The SMILES string of the molecule is COC12C(COC(N)=O)C3=C(C(=O)C(C)=C(N4CC4C#N)C3=O)N1CC1NC12. The Morgan fingerprint density at radius 2 is 2.11 bits per heavy atom. The van der Waals surface area contributed by atoms with E-state index in [4.69, 9.17) is 20.5 Å². The first-order valence-corrected chi connectivity index (χ1v) is 9.08. The molecule has 4 heterocycles.